The number of phosphoric acid groups is 2. The van der Waals surface area contributed by atoms with Crippen LogP contribution in [-0.2, 0) is 65.4 Å². The molecular weight excluding hydrogens is 1350 g/mol. The summed E-state index contributed by atoms with van der Waals surface area (Å²) in [6, 6.07) is 0. The van der Waals surface area contributed by atoms with Crippen LogP contribution in [0.25, 0.3) is 0 Å². The second-order valence-corrected chi connectivity index (χ2v) is 33.5. The lowest BCUT2D eigenvalue weighted by Gasteiger charge is -2.21. The number of hydrogen-bond acceptors (Lipinski definition) is 15. The standard InChI is InChI=1S/C85H166O17P2/c1-5-9-13-17-21-25-29-33-37-39-43-46-50-54-58-62-66-70-83(88)96-76-81(102-85(90)72-68-64-60-56-52-48-44-40-38-34-30-26-22-18-14-10-6-2)78-100-104(93,94)98-74-79(86)73-97-103(91,92)99-77-80(101-84(89)71-67-63-59-55-51-47-42-36-32-28-24-20-16-12-8-4)75-95-82(87)69-65-61-57-53-49-45-41-35-31-27-23-19-15-11-7-3/h79-81,86H,5-78H2,1-4H3,(H,91,92)(H,93,94)/t79-,80+,81+/m0/s1. The first kappa shape index (κ1) is 102. The molecule has 0 amide bonds. The lowest BCUT2D eigenvalue weighted by Crippen LogP contribution is -2.30. The third-order valence-corrected chi connectivity index (χ3v) is 22.0. The monoisotopic (exact) mass is 1520 g/mol. The molecule has 2 unspecified atom stereocenters. The molecule has 104 heavy (non-hydrogen) atoms. The molecule has 0 spiro atoms. The van der Waals surface area contributed by atoms with Crippen LogP contribution in [0.15, 0.2) is 0 Å². The maximum atomic E-state index is 13.1. The van der Waals surface area contributed by atoms with Gasteiger partial charge in [0.1, 0.15) is 19.3 Å². The van der Waals surface area contributed by atoms with Gasteiger partial charge in [-0.15, -0.1) is 0 Å². The van der Waals surface area contributed by atoms with Crippen LogP contribution in [0.3, 0.4) is 0 Å². The van der Waals surface area contributed by atoms with Crippen molar-refractivity contribution in [2.24, 2.45) is 0 Å². The first-order valence-corrected chi connectivity index (χ1v) is 47.3. The fourth-order valence-electron chi connectivity index (χ4n) is 13.3. The second-order valence-electron chi connectivity index (χ2n) is 30.6. The van der Waals surface area contributed by atoms with E-state index in [0.717, 1.165) is 89.9 Å². The van der Waals surface area contributed by atoms with Crippen LogP contribution in [0, 0.1) is 0 Å². The molecule has 0 aliphatic heterocycles. The lowest BCUT2D eigenvalue weighted by molar-refractivity contribution is -0.161. The van der Waals surface area contributed by atoms with Gasteiger partial charge in [0.15, 0.2) is 12.2 Å². The van der Waals surface area contributed by atoms with Crippen LogP contribution in [0.5, 0.6) is 0 Å². The highest BCUT2D eigenvalue weighted by Gasteiger charge is 2.30. The highest BCUT2D eigenvalue weighted by molar-refractivity contribution is 7.47. The molecule has 0 saturated heterocycles. The molecule has 0 fully saturated rings. The molecule has 3 N–H and O–H groups in total. The van der Waals surface area contributed by atoms with Gasteiger partial charge in [0.2, 0.25) is 0 Å². The van der Waals surface area contributed by atoms with E-state index in [1.807, 2.05) is 0 Å². The molecule has 19 heteroatoms. The van der Waals surface area contributed by atoms with E-state index in [0.29, 0.717) is 25.7 Å². The van der Waals surface area contributed by atoms with E-state index in [1.165, 1.54) is 295 Å². The van der Waals surface area contributed by atoms with Crippen molar-refractivity contribution in [3.05, 3.63) is 0 Å². The Labute approximate surface area is 638 Å². The van der Waals surface area contributed by atoms with E-state index in [2.05, 4.69) is 27.7 Å². The summed E-state index contributed by atoms with van der Waals surface area (Å²) in [6.45, 7) is 5.07. The van der Waals surface area contributed by atoms with Crippen molar-refractivity contribution in [2.75, 3.05) is 39.6 Å². The van der Waals surface area contributed by atoms with Crippen LogP contribution in [0.4, 0.5) is 0 Å². The number of rotatable bonds is 86. The van der Waals surface area contributed by atoms with Gasteiger partial charge in [0, 0.05) is 25.7 Å². The van der Waals surface area contributed by atoms with Crippen molar-refractivity contribution >= 4 is 39.5 Å². The summed E-state index contributed by atoms with van der Waals surface area (Å²) in [5.41, 5.74) is 0. The molecule has 0 heterocycles. The quantitative estimate of drug-likeness (QED) is 0.0222. The third kappa shape index (κ3) is 78.2. The highest BCUT2D eigenvalue weighted by atomic mass is 31.2. The van der Waals surface area contributed by atoms with E-state index in [4.69, 9.17) is 37.0 Å². The normalized spacial score (nSPS) is 13.7. The van der Waals surface area contributed by atoms with Gasteiger partial charge in [-0.3, -0.25) is 37.3 Å². The maximum absolute atomic E-state index is 13.1. The van der Waals surface area contributed by atoms with Crippen molar-refractivity contribution < 1.29 is 80.2 Å². The Bertz CT molecular complexity index is 1960. The van der Waals surface area contributed by atoms with E-state index in [9.17, 15) is 43.2 Å². The van der Waals surface area contributed by atoms with Gasteiger partial charge in [-0.2, -0.15) is 0 Å². The van der Waals surface area contributed by atoms with Gasteiger partial charge in [-0.25, -0.2) is 9.13 Å². The van der Waals surface area contributed by atoms with Crippen molar-refractivity contribution in [3.8, 4) is 0 Å². The molecule has 0 aliphatic carbocycles. The second kappa shape index (κ2) is 79.2. The van der Waals surface area contributed by atoms with Crippen LogP contribution in [0.2, 0.25) is 0 Å². The summed E-state index contributed by atoms with van der Waals surface area (Å²) in [4.78, 5) is 73.3. The summed E-state index contributed by atoms with van der Waals surface area (Å²) in [7, 11) is -9.93. The Morgan fingerprint density at radius 2 is 0.385 bits per heavy atom. The van der Waals surface area contributed by atoms with Crippen LogP contribution >= 0.6 is 15.6 Å². The van der Waals surface area contributed by atoms with Gasteiger partial charge in [-0.1, -0.05) is 413 Å². The number of aliphatic hydroxyl groups is 1. The molecule has 0 bridgehead atoms. The van der Waals surface area contributed by atoms with Crippen molar-refractivity contribution in [1.29, 1.82) is 0 Å². The summed E-state index contributed by atoms with van der Waals surface area (Å²) in [5.74, 6) is -2.09. The average molecular weight is 1520 g/mol. The van der Waals surface area contributed by atoms with Crippen molar-refractivity contribution in [1.82, 2.24) is 0 Å². The number of esters is 4. The van der Waals surface area contributed by atoms with Gasteiger partial charge < -0.3 is 33.8 Å². The molecule has 0 radical (unpaired) electrons. The average Bonchev–Trinajstić information content (AvgIpc) is 0.926. The fourth-order valence-corrected chi connectivity index (χ4v) is 14.9. The van der Waals surface area contributed by atoms with Gasteiger partial charge in [0.25, 0.3) is 0 Å². The molecule has 0 aliphatic rings. The molecule has 0 aromatic rings. The number of ether oxygens (including phenoxy) is 4. The minimum absolute atomic E-state index is 0.109. The zero-order chi connectivity index (χ0) is 76.0. The SMILES string of the molecule is CCCCCCCCCCCCCCCCCCCC(=O)OC[C@H](COP(=O)(O)OC[C@@H](O)COP(=O)(O)OC[C@@H](COC(=O)CCCCCCCCCCCCCCCCC)OC(=O)CCCCCCCCCCCCCCCCC)OC(=O)CCCCCCCCCCCCCCCCCCC. The molecule has 0 rings (SSSR count). The number of aliphatic hydroxyl groups excluding tert-OH is 1. The summed E-state index contributed by atoms with van der Waals surface area (Å²) >= 11 is 0. The maximum Gasteiger partial charge on any atom is 0.472 e. The molecule has 0 saturated carbocycles. The zero-order valence-corrected chi connectivity index (χ0v) is 69.8. The molecular formula is C85H166O17P2. The number of carbonyl (C=O) groups is 4. The number of carbonyl (C=O) groups excluding carboxylic acids is 4. The van der Waals surface area contributed by atoms with Gasteiger partial charge in [-0.05, 0) is 25.7 Å². The smallest absolute Gasteiger partial charge is 0.462 e. The first-order chi connectivity index (χ1) is 50.7. The third-order valence-electron chi connectivity index (χ3n) is 20.1. The Balaban J connectivity index is 5.27. The Morgan fingerprint density at radius 3 is 0.567 bits per heavy atom. The van der Waals surface area contributed by atoms with Gasteiger partial charge >= 0.3 is 39.5 Å². The zero-order valence-electron chi connectivity index (χ0n) is 68.0. The molecule has 0 aromatic carbocycles. The van der Waals surface area contributed by atoms with E-state index < -0.39 is 97.5 Å². The minimum atomic E-state index is -4.96. The summed E-state index contributed by atoms with van der Waals surface area (Å²) < 4.78 is 68.9. The first-order valence-electron chi connectivity index (χ1n) is 44.3. The lowest BCUT2D eigenvalue weighted by atomic mass is 10.0. The number of hydrogen-bond donors (Lipinski definition) is 3. The van der Waals surface area contributed by atoms with Crippen molar-refractivity contribution in [2.45, 2.75) is 483 Å². The van der Waals surface area contributed by atoms with Crippen LogP contribution in [-0.4, -0.2) is 96.7 Å². The highest BCUT2D eigenvalue weighted by Crippen LogP contribution is 2.45. The Kier molecular flexibility index (Phi) is 77.7. The topological polar surface area (TPSA) is 237 Å². The van der Waals surface area contributed by atoms with Crippen molar-refractivity contribution in [3.63, 3.8) is 0 Å². The number of phosphoric ester groups is 2. The molecule has 17 nitrogen and oxygen atoms in total. The summed E-state index contributed by atoms with van der Waals surface area (Å²) in [5, 5.41) is 10.7. The number of unbranched alkanes of at least 4 members (excludes halogenated alkanes) is 60. The molecule has 5 atom stereocenters. The predicted octanol–water partition coefficient (Wildman–Crippen LogP) is 26.1. The van der Waals surface area contributed by atoms with Gasteiger partial charge in [0.05, 0.1) is 26.4 Å². The fraction of sp³-hybridized carbons (Fsp3) is 0.953. The predicted molar refractivity (Wildman–Crippen MR) is 428 cm³/mol. The van der Waals surface area contributed by atoms with Crippen LogP contribution in [0.1, 0.15) is 464 Å². The largest absolute Gasteiger partial charge is 0.472 e. The summed E-state index contributed by atoms with van der Waals surface area (Å²) in [6.07, 6.45) is 73.4. The van der Waals surface area contributed by atoms with E-state index in [1.54, 1.807) is 0 Å². The molecule has 618 valence electrons. The molecule has 0 aromatic heterocycles. The van der Waals surface area contributed by atoms with E-state index in [-0.39, 0.29) is 25.7 Å². The van der Waals surface area contributed by atoms with Crippen LogP contribution < -0.4 is 0 Å². The minimum Gasteiger partial charge on any atom is -0.462 e. The Hall–Kier alpha value is -1.94. The van der Waals surface area contributed by atoms with E-state index >= 15 is 0 Å². The Morgan fingerprint density at radius 1 is 0.231 bits per heavy atom.